The van der Waals surface area contributed by atoms with E-state index >= 15 is 0 Å². The van der Waals surface area contributed by atoms with E-state index in [1.165, 1.54) is 32.2 Å². The van der Waals surface area contributed by atoms with E-state index in [1.54, 1.807) is 31.2 Å². The van der Waals surface area contributed by atoms with E-state index in [0.717, 1.165) is 17.0 Å². The Labute approximate surface area is 167 Å². The second-order valence-electron chi connectivity index (χ2n) is 6.64. The van der Waals surface area contributed by atoms with Crippen molar-refractivity contribution in [3.05, 3.63) is 70.9 Å². The second kappa shape index (κ2) is 7.90. The fourth-order valence-corrected chi connectivity index (χ4v) is 3.40. The number of amides is 3. The highest BCUT2D eigenvalue weighted by Gasteiger charge is 2.41. The maximum atomic E-state index is 14.6. The molecular formula is C21H21F2N3O3. The molecule has 0 fully saturated rings. The van der Waals surface area contributed by atoms with Crippen molar-refractivity contribution >= 4 is 17.6 Å². The van der Waals surface area contributed by atoms with Crippen LogP contribution >= 0.6 is 0 Å². The SMILES string of the molecule is COc1ccccc1NC(=O)C1=C(C)N(C)C(=O)N(C)[C@@H]1c1c(F)cccc1F. The van der Waals surface area contributed by atoms with Crippen molar-refractivity contribution in [3.8, 4) is 5.75 Å². The van der Waals surface area contributed by atoms with Gasteiger partial charge in [0.1, 0.15) is 17.4 Å². The maximum Gasteiger partial charge on any atom is 0.324 e. The first-order valence-corrected chi connectivity index (χ1v) is 8.87. The lowest BCUT2D eigenvalue weighted by atomic mass is 9.92. The molecule has 0 spiro atoms. The van der Waals surface area contributed by atoms with Crippen LogP contribution in [0.3, 0.4) is 0 Å². The van der Waals surface area contributed by atoms with Crippen molar-refractivity contribution in [1.29, 1.82) is 0 Å². The molecule has 0 unspecified atom stereocenters. The highest BCUT2D eigenvalue weighted by atomic mass is 19.1. The number of halogens is 2. The molecule has 0 aromatic heterocycles. The molecule has 1 N–H and O–H groups in total. The number of carbonyl (C=O) groups is 2. The van der Waals surface area contributed by atoms with Crippen LogP contribution in [0.1, 0.15) is 18.5 Å². The molecule has 0 bridgehead atoms. The zero-order valence-corrected chi connectivity index (χ0v) is 16.5. The lowest BCUT2D eigenvalue weighted by Gasteiger charge is -2.40. The lowest BCUT2D eigenvalue weighted by molar-refractivity contribution is -0.113. The molecule has 2 aromatic rings. The number of hydrogen-bond donors (Lipinski definition) is 1. The Bertz CT molecular complexity index is 986. The highest BCUT2D eigenvalue weighted by molar-refractivity contribution is 6.07. The van der Waals surface area contributed by atoms with Gasteiger partial charge in [-0.05, 0) is 31.2 Å². The van der Waals surface area contributed by atoms with Crippen molar-refractivity contribution < 1.29 is 23.1 Å². The van der Waals surface area contributed by atoms with Crippen LogP contribution in [0.2, 0.25) is 0 Å². The molecule has 1 heterocycles. The summed E-state index contributed by atoms with van der Waals surface area (Å²) < 4.78 is 34.4. The number of allylic oxidation sites excluding steroid dienone is 1. The second-order valence-corrected chi connectivity index (χ2v) is 6.64. The van der Waals surface area contributed by atoms with E-state index in [1.807, 2.05) is 0 Å². The summed E-state index contributed by atoms with van der Waals surface area (Å²) >= 11 is 0. The van der Waals surface area contributed by atoms with Gasteiger partial charge in [-0.2, -0.15) is 0 Å². The van der Waals surface area contributed by atoms with Crippen molar-refractivity contribution in [2.45, 2.75) is 13.0 Å². The van der Waals surface area contributed by atoms with Gasteiger partial charge in [0, 0.05) is 19.8 Å². The minimum absolute atomic E-state index is 0.0597. The molecule has 0 aliphatic carbocycles. The van der Waals surface area contributed by atoms with E-state index < -0.39 is 29.6 Å². The predicted octanol–water partition coefficient (Wildman–Crippen LogP) is 3.92. The van der Waals surface area contributed by atoms with Crippen LogP contribution in [0.5, 0.6) is 5.75 Å². The Morgan fingerprint density at radius 3 is 2.31 bits per heavy atom. The van der Waals surface area contributed by atoms with E-state index in [9.17, 15) is 18.4 Å². The quantitative estimate of drug-likeness (QED) is 0.845. The average molecular weight is 401 g/mol. The van der Waals surface area contributed by atoms with Crippen LogP contribution in [0.4, 0.5) is 19.3 Å². The van der Waals surface area contributed by atoms with Gasteiger partial charge < -0.3 is 19.9 Å². The number of urea groups is 1. The molecule has 3 amide bonds. The first-order chi connectivity index (χ1) is 13.8. The zero-order chi connectivity index (χ0) is 21.3. The molecular weight excluding hydrogens is 380 g/mol. The number of hydrogen-bond acceptors (Lipinski definition) is 3. The van der Waals surface area contributed by atoms with Crippen LogP contribution in [-0.2, 0) is 4.79 Å². The standard InChI is InChI=1S/C21H21F2N3O3/c1-12-17(20(27)24-15-10-5-6-11-16(15)29-4)19(26(3)21(28)25(12)2)18-13(22)8-7-9-14(18)23/h5-11,19H,1-4H3,(H,24,27)/t19-/m0/s1. The van der Waals surface area contributed by atoms with Crippen molar-refractivity contribution in [3.63, 3.8) is 0 Å². The van der Waals surface area contributed by atoms with Crippen LogP contribution in [0.25, 0.3) is 0 Å². The predicted molar refractivity (Wildman–Crippen MR) is 104 cm³/mol. The molecule has 0 radical (unpaired) electrons. The molecule has 8 heteroatoms. The normalized spacial score (nSPS) is 16.9. The Morgan fingerprint density at radius 1 is 1.07 bits per heavy atom. The van der Waals surface area contributed by atoms with Gasteiger partial charge in [0.2, 0.25) is 0 Å². The summed E-state index contributed by atoms with van der Waals surface area (Å²) in [5.41, 5.74) is 0.397. The number of rotatable bonds is 4. The van der Waals surface area contributed by atoms with Gasteiger partial charge in [0.05, 0.1) is 30.0 Å². The average Bonchev–Trinajstić information content (AvgIpc) is 2.70. The van der Waals surface area contributed by atoms with Gasteiger partial charge in [-0.15, -0.1) is 0 Å². The molecule has 2 aromatic carbocycles. The van der Waals surface area contributed by atoms with Gasteiger partial charge in [0.15, 0.2) is 0 Å². The molecule has 1 atom stereocenters. The van der Waals surface area contributed by atoms with Crippen LogP contribution in [0.15, 0.2) is 53.7 Å². The topological polar surface area (TPSA) is 61.9 Å². The first kappa shape index (κ1) is 20.3. The van der Waals surface area contributed by atoms with E-state index in [0.29, 0.717) is 17.1 Å². The summed E-state index contributed by atoms with van der Waals surface area (Å²) in [6.45, 7) is 1.56. The lowest BCUT2D eigenvalue weighted by Crippen LogP contribution is -2.48. The number of para-hydroxylation sites is 2. The number of anilines is 1. The van der Waals surface area contributed by atoms with E-state index in [2.05, 4.69) is 5.32 Å². The van der Waals surface area contributed by atoms with Gasteiger partial charge in [0.25, 0.3) is 5.91 Å². The summed E-state index contributed by atoms with van der Waals surface area (Å²) in [7, 11) is 4.37. The van der Waals surface area contributed by atoms with E-state index in [4.69, 9.17) is 4.74 Å². The monoisotopic (exact) mass is 401 g/mol. The summed E-state index contributed by atoms with van der Waals surface area (Å²) in [6.07, 6.45) is 0. The summed E-state index contributed by atoms with van der Waals surface area (Å²) in [4.78, 5) is 28.2. The highest BCUT2D eigenvalue weighted by Crippen LogP contribution is 2.38. The third-order valence-corrected chi connectivity index (χ3v) is 5.02. The number of ether oxygens (including phenoxy) is 1. The molecule has 0 saturated heterocycles. The Balaban J connectivity index is 2.13. The van der Waals surface area contributed by atoms with Gasteiger partial charge in [-0.25, -0.2) is 13.6 Å². The van der Waals surface area contributed by atoms with Crippen molar-refractivity contribution in [2.75, 3.05) is 26.5 Å². The number of benzene rings is 2. The molecule has 1 aliphatic heterocycles. The number of methoxy groups -OCH3 is 1. The Hall–Kier alpha value is -3.42. The minimum Gasteiger partial charge on any atom is -0.495 e. The number of carbonyl (C=O) groups excluding carboxylic acids is 2. The van der Waals surface area contributed by atoms with Gasteiger partial charge in [-0.1, -0.05) is 18.2 Å². The minimum atomic E-state index is -1.23. The maximum absolute atomic E-state index is 14.6. The summed E-state index contributed by atoms with van der Waals surface area (Å²) in [5, 5.41) is 2.72. The molecule has 6 nitrogen and oxygen atoms in total. The first-order valence-electron chi connectivity index (χ1n) is 8.87. The molecule has 3 rings (SSSR count). The zero-order valence-electron chi connectivity index (χ0n) is 16.5. The summed E-state index contributed by atoms with van der Waals surface area (Å²) in [5.74, 6) is -1.84. The van der Waals surface area contributed by atoms with E-state index in [-0.39, 0.29) is 11.1 Å². The van der Waals surface area contributed by atoms with Gasteiger partial charge >= 0.3 is 6.03 Å². The number of likely N-dealkylation sites (N-methyl/N-ethyl adjacent to an activating group) is 1. The largest absolute Gasteiger partial charge is 0.495 e. The fourth-order valence-electron chi connectivity index (χ4n) is 3.40. The molecule has 152 valence electrons. The Kier molecular flexibility index (Phi) is 5.54. The Morgan fingerprint density at radius 2 is 1.69 bits per heavy atom. The molecule has 29 heavy (non-hydrogen) atoms. The molecule has 0 saturated carbocycles. The van der Waals surface area contributed by atoms with Crippen molar-refractivity contribution in [1.82, 2.24) is 9.80 Å². The number of nitrogens with zero attached hydrogens (tertiary/aromatic N) is 2. The smallest absolute Gasteiger partial charge is 0.324 e. The summed E-state index contributed by atoms with van der Waals surface area (Å²) in [6, 6.07) is 8.50. The van der Waals surface area contributed by atoms with Crippen molar-refractivity contribution in [2.24, 2.45) is 0 Å². The van der Waals surface area contributed by atoms with Crippen LogP contribution in [0, 0.1) is 11.6 Å². The molecule has 1 aliphatic rings. The van der Waals surface area contributed by atoms with Crippen LogP contribution in [-0.4, -0.2) is 42.9 Å². The fraction of sp³-hybridized carbons (Fsp3) is 0.238. The van der Waals surface area contributed by atoms with Crippen LogP contribution < -0.4 is 10.1 Å². The third-order valence-electron chi connectivity index (χ3n) is 5.02. The number of nitrogens with one attached hydrogen (secondary N) is 1. The third kappa shape index (κ3) is 3.53. The van der Waals surface area contributed by atoms with Gasteiger partial charge in [-0.3, -0.25) is 4.79 Å².